The zero-order valence-electron chi connectivity index (χ0n) is 14.7. The summed E-state index contributed by atoms with van der Waals surface area (Å²) in [6.07, 6.45) is 2.01. The number of halogens is 1. The molecule has 2 amide bonds. The highest BCUT2D eigenvalue weighted by atomic mass is 32.2. The molecule has 0 fully saturated rings. The zero-order valence-corrected chi connectivity index (χ0v) is 16.3. The Labute approximate surface area is 160 Å². The highest BCUT2D eigenvalue weighted by Crippen LogP contribution is 2.22. The molecule has 0 saturated carbocycles. The van der Waals surface area contributed by atoms with Gasteiger partial charge in [0.1, 0.15) is 11.9 Å². The summed E-state index contributed by atoms with van der Waals surface area (Å²) in [4.78, 5) is 28.9. The topological polar surface area (TPSA) is 122 Å². The van der Waals surface area contributed by atoms with Gasteiger partial charge in [0.15, 0.2) is 5.13 Å². The summed E-state index contributed by atoms with van der Waals surface area (Å²) >= 11 is 1.17. The Kier molecular flexibility index (Phi) is 6.63. The number of hydrogen-bond donors (Lipinski definition) is 2. The fourth-order valence-electron chi connectivity index (χ4n) is 2.52. The van der Waals surface area contributed by atoms with E-state index in [-0.39, 0.29) is 17.4 Å². The first-order valence-corrected chi connectivity index (χ1v) is 10.3. The lowest BCUT2D eigenvalue weighted by Gasteiger charge is -2.26. The molecule has 0 aliphatic heterocycles. The van der Waals surface area contributed by atoms with Gasteiger partial charge in [-0.1, -0.05) is 19.1 Å². The number of aromatic nitrogens is 1. The van der Waals surface area contributed by atoms with Crippen molar-refractivity contribution in [2.75, 3.05) is 5.32 Å². The first-order chi connectivity index (χ1) is 12.6. The molecule has 146 valence electrons. The average Bonchev–Trinajstić information content (AvgIpc) is 2.97. The molecule has 0 bridgehead atoms. The van der Waals surface area contributed by atoms with Gasteiger partial charge in [-0.2, -0.15) is 8.42 Å². The Hall–Kier alpha value is -2.37. The number of nitrogens with zero attached hydrogens (tertiary/aromatic N) is 2. The summed E-state index contributed by atoms with van der Waals surface area (Å²) in [6.45, 7) is 2.57. The van der Waals surface area contributed by atoms with Crippen LogP contribution in [-0.4, -0.2) is 35.6 Å². The summed E-state index contributed by atoms with van der Waals surface area (Å²) in [5, 5.41) is 7.78. The van der Waals surface area contributed by atoms with E-state index in [9.17, 15) is 22.4 Å². The lowest BCUT2D eigenvalue weighted by atomic mass is 10.1. The van der Waals surface area contributed by atoms with Gasteiger partial charge in [0.25, 0.3) is 0 Å². The van der Waals surface area contributed by atoms with E-state index in [2.05, 4.69) is 10.3 Å². The predicted octanol–water partition coefficient (Wildman–Crippen LogP) is 1.64. The molecular formula is C16H19FN4O4S2. The van der Waals surface area contributed by atoms with Crippen molar-refractivity contribution in [1.29, 1.82) is 0 Å². The third-order valence-electron chi connectivity index (χ3n) is 3.61. The maximum absolute atomic E-state index is 13.3. The van der Waals surface area contributed by atoms with Gasteiger partial charge in [-0.05, 0) is 24.1 Å². The summed E-state index contributed by atoms with van der Waals surface area (Å²) < 4.78 is 36.9. The number of anilines is 1. The highest BCUT2D eigenvalue weighted by molar-refractivity contribution is 7.87. The number of thiazole rings is 1. The summed E-state index contributed by atoms with van der Waals surface area (Å²) in [5.41, 5.74) is 0.750. The van der Waals surface area contributed by atoms with Crippen LogP contribution < -0.4 is 10.5 Å². The van der Waals surface area contributed by atoms with Crippen molar-refractivity contribution in [1.82, 2.24) is 9.29 Å². The maximum atomic E-state index is 13.3. The Morgan fingerprint density at radius 3 is 2.67 bits per heavy atom. The first kappa shape index (κ1) is 20.9. The number of carbonyl (C=O) groups excluding carboxylic acids is 2. The van der Waals surface area contributed by atoms with Crippen molar-refractivity contribution in [3.8, 4) is 0 Å². The van der Waals surface area contributed by atoms with E-state index in [1.165, 1.54) is 29.7 Å². The Balaban J connectivity index is 2.13. The second kappa shape index (κ2) is 8.55. The van der Waals surface area contributed by atoms with E-state index in [0.29, 0.717) is 10.7 Å². The van der Waals surface area contributed by atoms with E-state index >= 15 is 0 Å². The van der Waals surface area contributed by atoms with E-state index in [1.54, 1.807) is 19.1 Å². The average molecular weight is 414 g/mol. The monoisotopic (exact) mass is 414 g/mol. The van der Waals surface area contributed by atoms with Crippen molar-refractivity contribution in [3.05, 3.63) is 46.7 Å². The second-order valence-electron chi connectivity index (χ2n) is 5.71. The lowest BCUT2D eigenvalue weighted by molar-refractivity contribution is -0.131. The van der Waals surface area contributed by atoms with Crippen molar-refractivity contribution < 1.29 is 22.4 Å². The number of nitrogens with one attached hydrogen (secondary N) is 1. The van der Waals surface area contributed by atoms with Gasteiger partial charge in [0.2, 0.25) is 11.8 Å². The molecule has 27 heavy (non-hydrogen) atoms. The van der Waals surface area contributed by atoms with Crippen molar-refractivity contribution >= 4 is 38.5 Å². The normalized spacial score (nSPS) is 12.4. The SMILES string of the molecule is CC[C@H](C(=O)Nc1ncc(Cc2cccc(F)c2)s1)N(C(C)=O)S(N)(=O)=O. The van der Waals surface area contributed by atoms with Gasteiger partial charge in [-0.3, -0.25) is 9.59 Å². The molecule has 0 unspecified atom stereocenters. The minimum absolute atomic E-state index is 0.0450. The van der Waals surface area contributed by atoms with Crippen LogP contribution in [0, 0.1) is 5.82 Å². The van der Waals surface area contributed by atoms with Gasteiger partial charge >= 0.3 is 10.2 Å². The molecule has 0 saturated heterocycles. The molecule has 2 aromatic rings. The maximum Gasteiger partial charge on any atom is 0.301 e. The van der Waals surface area contributed by atoms with Gasteiger partial charge in [0, 0.05) is 24.4 Å². The highest BCUT2D eigenvalue weighted by Gasteiger charge is 2.34. The van der Waals surface area contributed by atoms with Crippen LogP contribution in [-0.2, 0) is 26.2 Å². The number of carbonyl (C=O) groups is 2. The summed E-state index contributed by atoms with van der Waals surface area (Å²) in [6, 6.07) is 4.84. The smallest absolute Gasteiger partial charge is 0.300 e. The minimum Gasteiger partial charge on any atom is -0.300 e. The molecule has 1 aromatic carbocycles. The van der Waals surface area contributed by atoms with Gasteiger partial charge in [-0.25, -0.2) is 18.8 Å². The van der Waals surface area contributed by atoms with Crippen LogP contribution in [0.3, 0.4) is 0 Å². The summed E-state index contributed by atoms with van der Waals surface area (Å²) in [7, 11) is -4.38. The van der Waals surface area contributed by atoms with E-state index in [0.717, 1.165) is 17.4 Å². The van der Waals surface area contributed by atoms with Crippen molar-refractivity contribution in [2.24, 2.45) is 5.14 Å². The van der Waals surface area contributed by atoms with E-state index in [1.807, 2.05) is 0 Å². The molecule has 0 radical (unpaired) electrons. The molecule has 1 heterocycles. The van der Waals surface area contributed by atoms with Crippen LogP contribution in [0.5, 0.6) is 0 Å². The molecule has 0 spiro atoms. The third kappa shape index (κ3) is 5.55. The molecule has 11 heteroatoms. The van der Waals surface area contributed by atoms with Crippen LogP contribution in [0.4, 0.5) is 9.52 Å². The Morgan fingerprint density at radius 1 is 1.41 bits per heavy atom. The van der Waals surface area contributed by atoms with Gasteiger partial charge < -0.3 is 5.32 Å². The molecule has 2 rings (SSSR count). The van der Waals surface area contributed by atoms with Gasteiger partial charge in [-0.15, -0.1) is 11.3 Å². The second-order valence-corrected chi connectivity index (χ2v) is 8.25. The molecular weight excluding hydrogens is 395 g/mol. The quantitative estimate of drug-likeness (QED) is 0.713. The van der Waals surface area contributed by atoms with Crippen LogP contribution in [0.1, 0.15) is 30.7 Å². The largest absolute Gasteiger partial charge is 0.301 e. The summed E-state index contributed by atoms with van der Waals surface area (Å²) in [5.74, 6) is -1.91. The number of amides is 2. The molecule has 8 nitrogen and oxygen atoms in total. The van der Waals surface area contributed by atoms with Crippen molar-refractivity contribution in [3.63, 3.8) is 0 Å². The molecule has 3 N–H and O–H groups in total. The van der Waals surface area contributed by atoms with Crippen LogP contribution in [0.25, 0.3) is 0 Å². The number of nitrogens with two attached hydrogens (primary N) is 1. The zero-order chi connectivity index (χ0) is 20.2. The Bertz CT molecular complexity index is 945. The van der Waals surface area contributed by atoms with Crippen LogP contribution in [0.2, 0.25) is 0 Å². The minimum atomic E-state index is -4.38. The molecule has 1 atom stereocenters. The standard InChI is InChI=1S/C16H19FN4O4S2/c1-3-14(21(10(2)22)27(18,24)25)15(23)20-16-19-9-13(26-16)8-11-5-4-6-12(17)7-11/h4-7,9,14H,3,8H2,1-2H3,(H2,18,24,25)(H,19,20,23)/t14-/m1/s1. The number of rotatable bonds is 7. The van der Waals surface area contributed by atoms with Crippen LogP contribution in [0.15, 0.2) is 30.5 Å². The number of benzene rings is 1. The van der Waals surface area contributed by atoms with E-state index < -0.39 is 28.1 Å². The first-order valence-electron chi connectivity index (χ1n) is 7.94. The number of hydrogen-bond acceptors (Lipinski definition) is 6. The van der Waals surface area contributed by atoms with Crippen LogP contribution >= 0.6 is 11.3 Å². The molecule has 1 aromatic heterocycles. The fraction of sp³-hybridized carbons (Fsp3) is 0.312. The van der Waals surface area contributed by atoms with Gasteiger partial charge in [0.05, 0.1) is 0 Å². The molecule has 0 aliphatic rings. The van der Waals surface area contributed by atoms with E-state index in [4.69, 9.17) is 5.14 Å². The van der Waals surface area contributed by atoms with Crippen molar-refractivity contribution in [2.45, 2.75) is 32.7 Å². The predicted molar refractivity (Wildman–Crippen MR) is 99.7 cm³/mol. The Morgan fingerprint density at radius 2 is 2.11 bits per heavy atom. The molecule has 0 aliphatic carbocycles. The fourth-order valence-corrected chi connectivity index (χ4v) is 4.33. The third-order valence-corrected chi connectivity index (χ3v) is 5.58. The lowest BCUT2D eigenvalue weighted by Crippen LogP contribution is -2.51.